The van der Waals surface area contributed by atoms with E-state index in [1.807, 2.05) is 0 Å². The van der Waals surface area contributed by atoms with Crippen LogP contribution in [0.1, 0.15) is 36.2 Å². The Morgan fingerprint density at radius 1 is 1.08 bits per heavy atom. The Balaban J connectivity index is 3.28. The number of benzene rings is 1. The molecule has 1 unspecified atom stereocenters. The lowest BCUT2D eigenvalue weighted by Crippen LogP contribution is -2.54. The Kier molecular flexibility index (Phi) is 6.33. The van der Waals surface area contributed by atoms with Gasteiger partial charge in [-0.2, -0.15) is 30.7 Å². The number of esters is 1. The van der Waals surface area contributed by atoms with Crippen molar-refractivity contribution in [3.63, 3.8) is 0 Å². The molecule has 0 aliphatic rings. The molecule has 0 amide bonds. The minimum Gasteiger partial charge on any atom is -0.462 e. The molecule has 0 saturated heterocycles. The molecule has 0 radical (unpaired) electrons. The largest absolute Gasteiger partial charge is 0.462 e. The maximum Gasteiger partial charge on any atom is 0.459 e. The van der Waals surface area contributed by atoms with Crippen molar-refractivity contribution in [2.75, 3.05) is 13.7 Å². The molecule has 1 atom stereocenters. The summed E-state index contributed by atoms with van der Waals surface area (Å²) in [4.78, 5) is 11.7. The predicted octanol–water partition coefficient (Wildman–Crippen LogP) is 4.95. The Morgan fingerprint density at radius 2 is 1.65 bits per heavy atom. The normalized spacial score (nSPS) is 15.5. The summed E-state index contributed by atoms with van der Waals surface area (Å²) in [5.74, 6) is -12.5. The number of alkyl halides is 7. The highest BCUT2D eigenvalue weighted by molar-refractivity contribution is 5.89. The third-order valence-corrected chi connectivity index (χ3v) is 3.81. The van der Waals surface area contributed by atoms with Crippen LogP contribution in [0.2, 0.25) is 0 Å². The van der Waals surface area contributed by atoms with Gasteiger partial charge in [-0.15, -0.1) is 0 Å². The average molecular weight is 390 g/mol. The summed E-state index contributed by atoms with van der Waals surface area (Å²) in [5, 5.41) is 0. The second-order valence-corrected chi connectivity index (χ2v) is 5.69. The summed E-state index contributed by atoms with van der Waals surface area (Å²) < 4.78 is 101. The maximum absolute atomic E-state index is 13.8. The van der Waals surface area contributed by atoms with Gasteiger partial charge in [-0.25, -0.2) is 4.79 Å². The van der Waals surface area contributed by atoms with Gasteiger partial charge >= 0.3 is 24.0 Å². The number of carbonyl (C=O) groups excluding carboxylic acids is 1. The Morgan fingerprint density at radius 3 is 2.12 bits per heavy atom. The van der Waals surface area contributed by atoms with Gasteiger partial charge in [-0.1, -0.05) is 12.1 Å². The zero-order valence-corrected chi connectivity index (χ0v) is 14.1. The fraction of sp³-hybridized carbons (Fsp3) is 0.562. The lowest BCUT2D eigenvalue weighted by molar-refractivity contribution is -0.361. The topological polar surface area (TPSA) is 35.5 Å². The van der Waals surface area contributed by atoms with Gasteiger partial charge < -0.3 is 9.47 Å². The Labute approximate surface area is 145 Å². The molecule has 26 heavy (non-hydrogen) atoms. The molecular weight excluding hydrogens is 373 g/mol. The highest BCUT2D eigenvalue weighted by atomic mass is 19.4. The smallest absolute Gasteiger partial charge is 0.459 e. The van der Waals surface area contributed by atoms with Gasteiger partial charge in [0.25, 0.3) is 0 Å². The molecule has 0 heterocycles. The lowest BCUT2D eigenvalue weighted by atomic mass is 9.86. The molecule has 1 aromatic carbocycles. The Bertz CT molecular complexity index is 643. The molecule has 1 rings (SSSR count). The van der Waals surface area contributed by atoms with Gasteiger partial charge in [0.1, 0.15) is 0 Å². The minimum absolute atomic E-state index is 0.0283. The first-order valence-electron chi connectivity index (χ1n) is 7.37. The van der Waals surface area contributed by atoms with Crippen molar-refractivity contribution in [1.82, 2.24) is 0 Å². The van der Waals surface area contributed by atoms with Gasteiger partial charge in [-0.05, 0) is 31.5 Å². The third-order valence-electron chi connectivity index (χ3n) is 3.81. The molecular formula is C16H17F7O3. The lowest BCUT2D eigenvalue weighted by Gasteiger charge is -2.36. The average Bonchev–Trinajstić information content (AvgIpc) is 2.53. The molecule has 10 heteroatoms. The fourth-order valence-electron chi connectivity index (χ4n) is 2.22. The molecule has 148 valence electrons. The second kappa shape index (κ2) is 7.42. The van der Waals surface area contributed by atoms with Gasteiger partial charge in [0.05, 0.1) is 24.2 Å². The van der Waals surface area contributed by atoms with Crippen molar-refractivity contribution < 1.29 is 45.0 Å². The van der Waals surface area contributed by atoms with E-state index in [1.54, 1.807) is 0 Å². The molecule has 0 spiro atoms. The molecule has 1 aromatic rings. The van der Waals surface area contributed by atoms with E-state index in [1.165, 1.54) is 25.1 Å². The first-order valence-corrected chi connectivity index (χ1v) is 7.37. The quantitative estimate of drug-likeness (QED) is 0.488. The highest BCUT2D eigenvalue weighted by Crippen LogP contribution is 2.51. The van der Waals surface area contributed by atoms with Crippen LogP contribution in [-0.2, 0) is 15.1 Å². The number of rotatable bonds is 7. The number of hydrogen-bond donors (Lipinski definition) is 0. The predicted molar refractivity (Wildman–Crippen MR) is 77.3 cm³/mol. The summed E-state index contributed by atoms with van der Waals surface area (Å²) in [6.45, 7) is 2.49. The van der Waals surface area contributed by atoms with Crippen LogP contribution in [0.5, 0.6) is 0 Å². The molecule has 0 aliphatic carbocycles. The van der Waals surface area contributed by atoms with Crippen LogP contribution in [0.4, 0.5) is 30.7 Å². The van der Waals surface area contributed by atoms with Crippen LogP contribution in [0.25, 0.3) is 0 Å². The van der Waals surface area contributed by atoms with Crippen molar-refractivity contribution >= 4 is 5.97 Å². The van der Waals surface area contributed by atoms with Crippen molar-refractivity contribution in [1.29, 1.82) is 0 Å². The number of hydrogen-bond acceptors (Lipinski definition) is 3. The van der Waals surface area contributed by atoms with Crippen LogP contribution in [0, 0.1) is 0 Å². The van der Waals surface area contributed by atoms with Gasteiger partial charge in [0, 0.05) is 7.11 Å². The van der Waals surface area contributed by atoms with Crippen molar-refractivity contribution in [3.05, 3.63) is 35.4 Å². The zero-order chi connectivity index (χ0) is 20.4. The van der Waals surface area contributed by atoms with E-state index in [-0.39, 0.29) is 17.7 Å². The summed E-state index contributed by atoms with van der Waals surface area (Å²) in [6, 6.07) is 4.75. The van der Waals surface area contributed by atoms with E-state index >= 15 is 0 Å². The van der Waals surface area contributed by atoms with Gasteiger partial charge in [0.15, 0.2) is 0 Å². The van der Waals surface area contributed by atoms with Crippen LogP contribution >= 0.6 is 0 Å². The van der Waals surface area contributed by atoms with Crippen LogP contribution in [-0.4, -0.2) is 37.7 Å². The molecule has 0 fully saturated rings. The highest BCUT2D eigenvalue weighted by Gasteiger charge is 2.73. The van der Waals surface area contributed by atoms with E-state index in [4.69, 9.17) is 9.47 Å². The number of methoxy groups -OCH3 is 1. The SMILES string of the molecule is CCOC(=O)c1cccc(C(C)(CC(F)(F)C(F)(F)C(F)(F)F)OC)c1. The second-order valence-electron chi connectivity index (χ2n) is 5.69. The summed E-state index contributed by atoms with van der Waals surface area (Å²) in [5.41, 5.74) is -2.48. The standard InChI is InChI=1S/C16H17F7O3/c1-4-26-12(24)10-6-5-7-11(8-10)13(2,25-3)9-14(17,18)15(19,20)16(21,22)23/h5-8H,4,9H2,1-3H3. The number of ether oxygens (including phenoxy) is 2. The molecule has 0 aliphatic heterocycles. The molecule has 0 bridgehead atoms. The summed E-state index contributed by atoms with van der Waals surface area (Å²) in [7, 11) is 0.888. The van der Waals surface area contributed by atoms with Crippen molar-refractivity contribution in [2.45, 2.75) is 43.9 Å². The fourth-order valence-corrected chi connectivity index (χ4v) is 2.22. The number of halogens is 7. The van der Waals surface area contributed by atoms with Gasteiger partial charge in [0.2, 0.25) is 0 Å². The summed E-state index contributed by atoms with van der Waals surface area (Å²) in [6.07, 6.45) is -8.40. The van der Waals surface area contributed by atoms with Crippen molar-refractivity contribution in [2.24, 2.45) is 0 Å². The van der Waals surface area contributed by atoms with E-state index in [2.05, 4.69) is 0 Å². The molecule has 0 aromatic heterocycles. The first-order chi connectivity index (χ1) is 11.7. The number of carbonyl (C=O) groups is 1. The van der Waals surface area contributed by atoms with E-state index < -0.39 is 36.0 Å². The molecule has 0 saturated carbocycles. The van der Waals surface area contributed by atoms with Crippen LogP contribution in [0.15, 0.2) is 24.3 Å². The monoisotopic (exact) mass is 390 g/mol. The van der Waals surface area contributed by atoms with E-state index in [0.717, 1.165) is 20.1 Å². The van der Waals surface area contributed by atoms with Crippen molar-refractivity contribution in [3.8, 4) is 0 Å². The van der Waals surface area contributed by atoms with Crippen LogP contribution in [0.3, 0.4) is 0 Å². The maximum atomic E-state index is 13.8. The summed E-state index contributed by atoms with van der Waals surface area (Å²) >= 11 is 0. The van der Waals surface area contributed by atoms with E-state index in [9.17, 15) is 35.5 Å². The molecule has 3 nitrogen and oxygen atoms in total. The first kappa shape index (κ1) is 22.2. The minimum atomic E-state index is -6.43. The van der Waals surface area contributed by atoms with Gasteiger partial charge in [-0.3, -0.25) is 0 Å². The van der Waals surface area contributed by atoms with E-state index in [0.29, 0.717) is 0 Å². The Hall–Kier alpha value is -1.84. The molecule has 0 N–H and O–H groups in total. The third kappa shape index (κ3) is 4.28. The zero-order valence-electron chi connectivity index (χ0n) is 14.1. The van der Waals surface area contributed by atoms with Crippen LogP contribution < -0.4 is 0 Å².